The summed E-state index contributed by atoms with van der Waals surface area (Å²) in [5.41, 5.74) is 0.873. The van der Waals surface area contributed by atoms with Crippen molar-refractivity contribution in [1.82, 2.24) is 15.1 Å². The molecule has 1 aliphatic rings. The van der Waals surface area contributed by atoms with E-state index in [1.54, 1.807) is 18.3 Å². The maximum Gasteiger partial charge on any atom is 0.124 e. The van der Waals surface area contributed by atoms with Crippen LogP contribution < -0.4 is 10.1 Å². The van der Waals surface area contributed by atoms with Crippen LogP contribution in [0.2, 0.25) is 0 Å². The summed E-state index contributed by atoms with van der Waals surface area (Å²) in [4.78, 5) is 0. The molecule has 0 amide bonds. The molecular formula is C15H18FN3O. The van der Waals surface area contributed by atoms with Gasteiger partial charge in [0.15, 0.2) is 0 Å². The molecular weight excluding hydrogens is 257 g/mol. The van der Waals surface area contributed by atoms with Crippen LogP contribution >= 0.6 is 0 Å². The Hall–Kier alpha value is -1.88. The van der Waals surface area contributed by atoms with Crippen molar-refractivity contribution < 1.29 is 9.13 Å². The summed E-state index contributed by atoms with van der Waals surface area (Å²) < 4.78 is 20.9. The molecule has 0 saturated heterocycles. The third-order valence-corrected chi connectivity index (χ3v) is 3.32. The molecule has 0 radical (unpaired) electrons. The second-order valence-electron chi connectivity index (χ2n) is 5.02. The predicted octanol–water partition coefficient (Wildman–Crippen LogP) is 2.35. The van der Waals surface area contributed by atoms with Gasteiger partial charge in [-0.1, -0.05) is 0 Å². The standard InChI is InChI=1S/C15H18FN3O/c16-13-2-5-15(12(10-13)11-17-14-3-4-14)20-9-8-19-7-1-6-18-19/h1-2,5-7,10,14,17H,3-4,8-9,11H2. The van der Waals surface area contributed by atoms with Crippen LogP contribution in [0.3, 0.4) is 0 Å². The lowest BCUT2D eigenvalue weighted by atomic mass is 10.2. The van der Waals surface area contributed by atoms with E-state index < -0.39 is 0 Å². The Balaban J connectivity index is 1.58. The SMILES string of the molecule is Fc1ccc(OCCn2cccn2)c(CNC2CC2)c1. The normalized spacial score (nSPS) is 14.4. The average Bonchev–Trinajstić information content (AvgIpc) is 3.13. The van der Waals surface area contributed by atoms with Crippen molar-refractivity contribution in [1.29, 1.82) is 0 Å². The van der Waals surface area contributed by atoms with Gasteiger partial charge in [-0.3, -0.25) is 4.68 Å². The molecule has 4 nitrogen and oxygen atoms in total. The number of hydrogen-bond acceptors (Lipinski definition) is 3. The van der Waals surface area contributed by atoms with E-state index in [4.69, 9.17) is 4.74 Å². The van der Waals surface area contributed by atoms with Gasteiger partial charge in [-0.25, -0.2) is 4.39 Å². The van der Waals surface area contributed by atoms with Crippen molar-refractivity contribution >= 4 is 0 Å². The summed E-state index contributed by atoms with van der Waals surface area (Å²) in [7, 11) is 0. The van der Waals surface area contributed by atoms with E-state index in [0.29, 0.717) is 25.7 Å². The first-order valence-electron chi connectivity index (χ1n) is 6.93. The lowest BCUT2D eigenvalue weighted by molar-refractivity contribution is 0.287. The molecule has 106 valence electrons. The van der Waals surface area contributed by atoms with Crippen LogP contribution in [0.4, 0.5) is 4.39 Å². The van der Waals surface area contributed by atoms with E-state index in [2.05, 4.69) is 10.4 Å². The van der Waals surface area contributed by atoms with E-state index in [1.807, 2.05) is 16.9 Å². The summed E-state index contributed by atoms with van der Waals surface area (Å²) in [6.07, 6.45) is 6.06. The first kappa shape index (κ1) is 13.1. The van der Waals surface area contributed by atoms with Crippen LogP contribution in [0.5, 0.6) is 5.75 Å². The minimum atomic E-state index is -0.225. The second-order valence-corrected chi connectivity index (χ2v) is 5.02. The maximum atomic E-state index is 13.3. The van der Waals surface area contributed by atoms with Crippen molar-refractivity contribution in [2.75, 3.05) is 6.61 Å². The topological polar surface area (TPSA) is 39.1 Å². The van der Waals surface area contributed by atoms with Crippen molar-refractivity contribution in [2.24, 2.45) is 0 Å². The largest absolute Gasteiger partial charge is 0.491 e. The number of nitrogens with one attached hydrogen (secondary N) is 1. The zero-order chi connectivity index (χ0) is 13.8. The smallest absolute Gasteiger partial charge is 0.124 e. The number of nitrogens with zero attached hydrogens (tertiary/aromatic N) is 2. The first-order valence-corrected chi connectivity index (χ1v) is 6.93. The Morgan fingerprint density at radius 2 is 2.30 bits per heavy atom. The average molecular weight is 275 g/mol. The highest BCUT2D eigenvalue weighted by Gasteiger charge is 2.20. The van der Waals surface area contributed by atoms with Crippen molar-refractivity contribution in [3.05, 3.63) is 48.0 Å². The van der Waals surface area contributed by atoms with Crippen LogP contribution in [0.1, 0.15) is 18.4 Å². The molecule has 0 atom stereocenters. The Labute approximate surface area is 117 Å². The van der Waals surface area contributed by atoms with Crippen LogP contribution in [0, 0.1) is 5.82 Å². The lowest BCUT2D eigenvalue weighted by Crippen LogP contribution is -2.17. The molecule has 20 heavy (non-hydrogen) atoms. The fourth-order valence-electron chi connectivity index (χ4n) is 2.05. The minimum Gasteiger partial charge on any atom is -0.491 e. The molecule has 1 fully saturated rings. The van der Waals surface area contributed by atoms with Crippen LogP contribution in [-0.4, -0.2) is 22.4 Å². The highest BCUT2D eigenvalue weighted by molar-refractivity contribution is 5.34. The molecule has 0 spiro atoms. The summed E-state index contributed by atoms with van der Waals surface area (Å²) >= 11 is 0. The third-order valence-electron chi connectivity index (χ3n) is 3.32. The molecule has 2 aromatic rings. The highest BCUT2D eigenvalue weighted by atomic mass is 19.1. The molecule has 3 rings (SSSR count). The molecule has 1 saturated carbocycles. The van der Waals surface area contributed by atoms with Crippen LogP contribution in [0.25, 0.3) is 0 Å². The van der Waals surface area contributed by atoms with Crippen LogP contribution in [0.15, 0.2) is 36.7 Å². The zero-order valence-electron chi connectivity index (χ0n) is 11.3. The van der Waals surface area contributed by atoms with Gasteiger partial charge in [0.25, 0.3) is 0 Å². The third kappa shape index (κ3) is 3.57. The Bertz CT molecular complexity index is 552. The molecule has 1 N–H and O–H groups in total. The number of ether oxygens (including phenoxy) is 1. The van der Waals surface area contributed by atoms with Crippen LogP contribution in [-0.2, 0) is 13.1 Å². The van der Waals surface area contributed by atoms with E-state index in [-0.39, 0.29) is 5.82 Å². The lowest BCUT2D eigenvalue weighted by Gasteiger charge is -2.12. The second kappa shape index (κ2) is 6.05. The Kier molecular flexibility index (Phi) is 3.97. The van der Waals surface area contributed by atoms with Crippen molar-refractivity contribution in [2.45, 2.75) is 32.0 Å². The number of aromatic nitrogens is 2. The monoisotopic (exact) mass is 275 g/mol. The molecule has 1 aliphatic carbocycles. The van der Waals surface area contributed by atoms with E-state index in [0.717, 1.165) is 11.3 Å². The van der Waals surface area contributed by atoms with E-state index in [1.165, 1.54) is 18.9 Å². The predicted molar refractivity (Wildman–Crippen MR) is 74.0 cm³/mol. The van der Waals surface area contributed by atoms with Gasteiger partial charge < -0.3 is 10.1 Å². The minimum absolute atomic E-state index is 0.225. The van der Waals surface area contributed by atoms with Crippen molar-refractivity contribution in [3.8, 4) is 5.75 Å². The van der Waals surface area contributed by atoms with Gasteiger partial charge in [0.1, 0.15) is 18.2 Å². The van der Waals surface area contributed by atoms with Crippen molar-refractivity contribution in [3.63, 3.8) is 0 Å². The molecule has 1 aromatic carbocycles. The Morgan fingerprint density at radius 3 is 3.05 bits per heavy atom. The van der Waals surface area contributed by atoms with E-state index >= 15 is 0 Å². The fourth-order valence-corrected chi connectivity index (χ4v) is 2.05. The summed E-state index contributed by atoms with van der Waals surface area (Å²) in [5, 5.41) is 7.50. The van der Waals surface area contributed by atoms with Gasteiger partial charge in [0, 0.05) is 30.5 Å². The molecule has 1 heterocycles. The highest BCUT2D eigenvalue weighted by Crippen LogP contribution is 2.23. The summed E-state index contributed by atoms with van der Waals surface area (Å²) in [6.45, 7) is 1.85. The zero-order valence-corrected chi connectivity index (χ0v) is 11.3. The quantitative estimate of drug-likeness (QED) is 0.843. The maximum absolute atomic E-state index is 13.3. The molecule has 5 heteroatoms. The molecule has 1 aromatic heterocycles. The molecule has 0 bridgehead atoms. The van der Waals surface area contributed by atoms with Gasteiger partial charge in [-0.2, -0.15) is 5.10 Å². The number of rotatable bonds is 7. The first-order chi connectivity index (χ1) is 9.81. The van der Waals surface area contributed by atoms with Gasteiger partial charge in [-0.15, -0.1) is 0 Å². The van der Waals surface area contributed by atoms with Gasteiger partial charge in [0.2, 0.25) is 0 Å². The number of benzene rings is 1. The molecule has 0 unspecified atom stereocenters. The van der Waals surface area contributed by atoms with E-state index in [9.17, 15) is 4.39 Å². The number of hydrogen-bond donors (Lipinski definition) is 1. The number of halogens is 1. The van der Waals surface area contributed by atoms with Gasteiger partial charge >= 0.3 is 0 Å². The van der Waals surface area contributed by atoms with Gasteiger partial charge in [0.05, 0.1) is 6.54 Å². The Morgan fingerprint density at radius 1 is 1.40 bits per heavy atom. The summed E-state index contributed by atoms with van der Waals surface area (Å²) in [6, 6.07) is 7.14. The van der Waals surface area contributed by atoms with Gasteiger partial charge in [-0.05, 0) is 37.1 Å². The summed E-state index contributed by atoms with van der Waals surface area (Å²) in [5.74, 6) is 0.517. The molecule has 0 aliphatic heterocycles. The fraction of sp³-hybridized carbons (Fsp3) is 0.400.